The van der Waals surface area contributed by atoms with Crippen LogP contribution in [-0.4, -0.2) is 32.1 Å². The van der Waals surface area contributed by atoms with Crippen molar-refractivity contribution < 1.29 is 18.3 Å². The molecule has 2 aromatic carbocycles. The molecule has 0 aromatic heterocycles. The molecule has 3 rings (SSSR count). The Kier molecular flexibility index (Phi) is 6.41. The van der Waals surface area contributed by atoms with Gasteiger partial charge >= 0.3 is 6.61 Å². The number of para-hydroxylation sites is 1. The number of rotatable bonds is 6. The lowest BCUT2D eigenvalue weighted by molar-refractivity contribution is -0.116. The second-order valence-electron chi connectivity index (χ2n) is 6.37. The number of nitrogens with one attached hydrogen (secondary N) is 3. The van der Waals surface area contributed by atoms with Gasteiger partial charge in [0.25, 0.3) is 0 Å². The molecule has 0 radical (unpaired) electrons. The number of fused-ring (bicyclic) bond motifs is 1. The van der Waals surface area contributed by atoms with Gasteiger partial charge in [0.15, 0.2) is 5.96 Å². The maximum atomic E-state index is 12.3. The fourth-order valence-corrected chi connectivity index (χ4v) is 3.14. The fourth-order valence-electron chi connectivity index (χ4n) is 3.14. The largest absolute Gasteiger partial charge is 0.435 e. The average molecular weight is 388 g/mol. The first-order chi connectivity index (χ1) is 13.5. The number of nitrogens with zero attached hydrogens (tertiary/aromatic N) is 1. The van der Waals surface area contributed by atoms with E-state index in [1.54, 1.807) is 25.2 Å². The van der Waals surface area contributed by atoms with E-state index in [0.29, 0.717) is 25.5 Å². The lowest BCUT2D eigenvalue weighted by Gasteiger charge is -2.26. The summed E-state index contributed by atoms with van der Waals surface area (Å²) in [5.74, 6) is 0.696. The molecule has 2 aromatic rings. The molecule has 0 fully saturated rings. The normalized spacial score (nSPS) is 16.4. The number of amides is 1. The van der Waals surface area contributed by atoms with Gasteiger partial charge in [-0.2, -0.15) is 8.78 Å². The van der Waals surface area contributed by atoms with E-state index in [-0.39, 0.29) is 17.6 Å². The average Bonchev–Trinajstić information content (AvgIpc) is 2.67. The molecule has 3 N–H and O–H groups in total. The third kappa shape index (κ3) is 5.18. The Hall–Kier alpha value is -3.16. The Morgan fingerprint density at radius 1 is 1.25 bits per heavy atom. The van der Waals surface area contributed by atoms with E-state index in [1.807, 2.05) is 24.3 Å². The Labute approximate surface area is 162 Å². The number of anilines is 1. The third-order valence-electron chi connectivity index (χ3n) is 4.43. The first kappa shape index (κ1) is 19.6. The van der Waals surface area contributed by atoms with Crippen LogP contribution in [0, 0.1) is 0 Å². The van der Waals surface area contributed by atoms with E-state index < -0.39 is 6.61 Å². The van der Waals surface area contributed by atoms with Crippen LogP contribution in [-0.2, 0) is 11.3 Å². The molecule has 148 valence electrons. The van der Waals surface area contributed by atoms with Gasteiger partial charge in [-0.3, -0.25) is 9.79 Å². The zero-order valence-corrected chi connectivity index (χ0v) is 15.4. The molecule has 1 amide bonds. The van der Waals surface area contributed by atoms with Gasteiger partial charge in [0.2, 0.25) is 5.91 Å². The van der Waals surface area contributed by atoms with E-state index in [9.17, 15) is 13.6 Å². The van der Waals surface area contributed by atoms with Crippen LogP contribution >= 0.6 is 0 Å². The SMILES string of the molecule is CN=C(NCc1cccc(OC(F)F)c1)NCC1CC(=O)Nc2ccccc21. The molecule has 1 heterocycles. The highest BCUT2D eigenvalue weighted by Gasteiger charge is 2.24. The molecular formula is C20H22F2N4O2. The maximum Gasteiger partial charge on any atom is 0.387 e. The molecule has 0 aliphatic carbocycles. The number of aliphatic imine (C=N–C) groups is 1. The number of alkyl halides is 2. The van der Waals surface area contributed by atoms with Gasteiger partial charge in [-0.05, 0) is 29.3 Å². The van der Waals surface area contributed by atoms with Crippen LogP contribution in [0.1, 0.15) is 23.5 Å². The van der Waals surface area contributed by atoms with Gasteiger partial charge in [-0.15, -0.1) is 0 Å². The number of halogens is 2. The highest BCUT2D eigenvalue weighted by atomic mass is 19.3. The van der Waals surface area contributed by atoms with Crippen molar-refractivity contribution >= 4 is 17.6 Å². The third-order valence-corrected chi connectivity index (χ3v) is 4.43. The van der Waals surface area contributed by atoms with Crippen molar-refractivity contribution in [2.24, 2.45) is 4.99 Å². The number of carbonyl (C=O) groups is 1. The molecule has 0 saturated heterocycles. The van der Waals surface area contributed by atoms with Crippen LogP contribution in [0.4, 0.5) is 14.5 Å². The van der Waals surface area contributed by atoms with Crippen LogP contribution in [0.5, 0.6) is 5.75 Å². The summed E-state index contributed by atoms with van der Waals surface area (Å²) in [6.07, 6.45) is 0.397. The summed E-state index contributed by atoms with van der Waals surface area (Å²) in [6, 6.07) is 14.2. The zero-order chi connectivity index (χ0) is 19.9. The lowest BCUT2D eigenvalue weighted by Crippen LogP contribution is -2.40. The van der Waals surface area contributed by atoms with Crippen molar-refractivity contribution in [3.63, 3.8) is 0 Å². The van der Waals surface area contributed by atoms with Crippen molar-refractivity contribution in [3.8, 4) is 5.75 Å². The predicted molar refractivity (Wildman–Crippen MR) is 104 cm³/mol. The summed E-state index contributed by atoms with van der Waals surface area (Å²) >= 11 is 0. The number of carbonyl (C=O) groups excluding carboxylic acids is 1. The smallest absolute Gasteiger partial charge is 0.387 e. The fraction of sp³-hybridized carbons (Fsp3) is 0.300. The predicted octanol–water partition coefficient (Wildman–Crippen LogP) is 3.08. The number of benzene rings is 2. The molecule has 1 aliphatic rings. The van der Waals surface area contributed by atoms with E-state index in [0.717, 1.165) is 16.8 Å². The van der Waals surface area contributed by atoms with Crippen LogP contribution in [0.3, 0.4) is 0 Å². The van der Waals surface area contributed by atoms with Crippen LogP contribution < -0.4 is 20.7 Å². The molecule has 6 nitrogen and oxygen atoms in total. The first-order valence-electron chi connectivity index (χ1n) is 8.92. The topological polar surface area (TPSA) is 74.8 Å². The molecule has 8 heteroatoms. The van der Waals surface area contributed by atoms with Gasteiger partial charge in [0, 0.05) is 38.2 Å². The summed E-state index contributed by atoms with van der Waals surface area (Å²) < 4.78 is 29.1. The number of ether oxygens (including phenoxy) is 1. The van der Waals surface area contributed by atoms with Gasteiger partial charge in [0.1, 0.15) is 5.75 Å². The molecular weight excluding hydrogens is 366 g/mol. The Morgan fingerprint density at radius 2 is 2.07 bits per heavy atom. The number of guanidine groups is 1. The molecule has 28 heavy (non-hydrogen) atoms. The van der Waals surface area contributed by atoms with E-state index >= 15 is 0 Å². The van der Waals surface area contributed by atoms with Gasteiger partial charge in [-0.25, -0.2) is 0 Å². The summed E-state index contributed by atoms with van der Waals surface area (Å²) in [7, 11) is 1.65. The lowest BCUT2D eigenvalue weighted by atomic mass is 9.90. The number of hydrogen-bond donors (Lipinski definition) is 3. The summed E-state index contributed by atoms with van der Waals surface area (Å²) in [6.45, 7) is -1.92. The Morgan fingerprint density at radius 3 is 2.86 bits per heavy atom. The van der Waals surface area contributed by atoms with E-state index in [2.05, 4.69) is 25.7 Å². The summed E-state index contributed by atoms with van der Waals surface area (Å²) in [5.41, 5.74) is 2.70. The van der Waals surface area contributed by atoms with Gasteiger partial charge < -0.3 is 20.7 Å². The van der Waals surface area contributed by atoms with Crippen LogP contribution in [0.2, 0.25) is 0 Å². The van der Waals surface area contributed by atoms with Gasteiger partial charge in [0.05, 0.1) is 0 Å². The van der Waals surface area contributed by atoms with Gasteiger partial charge in [-0.1, -0.05) is 30.3 Å². The maximum absolute atomic E-state index is 12.3. The minimum atomic E-state index is -2.85. The Bertz CT molecular complexity index is 858. The standard InChI is InChI=1S/C20H22F2N4O2/c1-23-20(24-11-13-5-4-6-15(9-13)28-19(21)22)25-12-14-10-18(27)26-17-8-3-2-7-16(14)17/h2-9,14,19H,10-12H2,1H3,(H,26,27)(H2,23,24,25). The summed E-state index contributed by atoms with van der Waals surface area (Å²) in [4.78, 5) is 16.1. The first-order valence-corrected chi connectivity index (χ1v) is 8.92. The van der Waals surface area contributed by atoms with Crippen LogP contribution in [0.25, 0.3) is 0 Å². The monoisotopic (exact) mass is 388 g/mol. The second-order valence-corrected chi connectivity index (χ2v) is 6.37. The molecule has 0 saturated carbocycles. The van der Waals surface area contributed by atoms with E-state index in [4.69, 9.17) is 0 Å². The highest BCUT2D eigenvalue weighted by Crippen LogP contribution is 2.31. The molecule has 0 bridgehead atoms. The minimum absolute atomic E-state index is 0.00992. The number of hydrogen-bond acceptors (Lipinski definition) is 3. The van der Waals surface area contributed by atoms with Crippen molar-refractivity contribution in [3.05, 3.63) is 59.7 Å². The van der Waals surface area contributed by atoms with Crippen molar-refractivity contribution in [1.82, 2.24) is 10.6 Å². The highest BCUT2D eigenvalue weighted by molar-refractivity contribution is 5.94. The van der Waals surface area contributed by atoms with E-state index in [1.165, 1.54) is 6.07 Å². The quantitative estimate of drug-likeness (QED) is 0.525. The minimum Gasteiger partial charge on any atom is -0.435 e. The molecule has 1 aliphatic heterocycles. The molecule has 1 atom stereocenters. The van der Waals surface area contributed by atoms with Crippen molar-refractivity contribution in [1.29, 1.82) is 0 Å². The van der Waals surface area contributed by atoms with Crippen molar-refractivity contribution in [2.75, 3.05) is 18.9 Å². The molecule has 0 spiro atoms. The Balaban J connectivity index is 1.57. The summed E-state index contributed by atoms with van der Waals surface area (Å²) in [5, 5.41) is 9.24. The zero-order valence-electron chi connectivity index (χ0n) is 15.4. The second kappa shape index (κ2) is 9.16. The van der Waals surface area contributed by atoms with Crippen molar-refractivity contribution in [2.45, 2.75) is 25.5 Å². The van der Waals surface area contributed by atoms with Crippen LogP contribution in [0.15, 0.2) is 53.5 Å². The molecule has 1 unspecified atom stereocenters.